The molecule has 1 N–H and O–H groups in total. The molecule has 0 aromatic heterocycles. The second-order valence-corrected chi connectivity index (χ2v) is 4.26. The van der Waals surface area contributed by atoms with Crippen LogP contribution >= 0.6 is 0 Å². The van der Waals surface area contributed by atoms with Crippen LogP contribution in [0.15, 0.2) is 0 Å². The summed E-state index contributed by atoms with van der Waals surface area (Å²) in [5, 5.41) is 8.82. The molecule has 2 rings (SSSR count). The van der Waals surface area contributed by atoms with Crippen molar-refractivity contribution < 1.29 is 27.9 Å². The predicted molar refractivity (Wildman–Crippen MR) is 45.5 cm³/mol. The van der Waals surface area contributed by atoms with Crippen LogP contribution in [0, 0.1) is 5.92 Å². The maximum absolute atomic E-state index is 12.2. The van der Waals surface area contributed by atoms with Crippen LogP contribution in [0.5, 0.6) is 0 Å². The van der Waals surface area contributed by atoms with Gasteiger partial charge in [0.25, 0.3) is 0 Å². The first kappa shape index (κ1) is 11.2. The molecule has 0 radical (unpaired) electrons. The minimum absolute atomic E-state index is 0.326. The summed E-state index contributed by atoms with van der Waals surface area (Å²) in [6, 6.07) is 0. The van der Waals surface area contributed by atoms with E-state index in [2.05, 4.69) is 0 Å². The van der Waals surface area contributed by atoms with Crippen molar-refractivity contribution in [2.45, 2.75) is 31.0 Å². The van der Waals surface area contributed by atoms with E-state index in [-0.39, 0.29) is 6.54 Å². The molecule has 1 heterocycles. The molecule has 7 heteroatoms. The third-order valence-electron chi connectivity index (χ3n) is 3.56. The van der Waals surface area contributed by atoms with Gasteiger partial charge >= 0.3 is 18.1 Å². The largest absolute Gasteiger partial charge is 0.481 e. The lowest BCUT2D eigenvalue weighted by atomic mass is 9.61. The molecule has 1 aliphatic heterocycles. The molecule has 90 valence electrons. The van der Waals surface area contributed by atoms with Crippen molar-refractivity contribution in [3.8, 4) is 0 Å². The number of likely N-dealkylation sites (tertiary alicyclic amines) is 1. The number of rotatable bonds is 1. The summed E-state index contributed by atoms with van der Waals surface area (Å²) in [7, 11) is 0. The number of carbonyl (C=O) groups is 2. The Morgan fingerprint density at radius 2 is 1.88 bits per heavy atom. The summed E-state index contributed by atoms with van der Waals surface area (Å²) in [5.41, 5.74) is -1.06. The first-order valence-electron chi connectivity index (χ1n) is 4.90. The highest BCUT2D eigenvalue weighted by Gasteiger charge is 2.65. The average Bonchev–Trinajstić information content (AvgIpc) is 1.96. The highest BCUT2D eigenvalue weighted by molar-refractivity contribution is 5.87. The Morgan fingerprint density at radius 1 is 1.31 bits per heavy atom. The fourth-order valence-electron chi connectivity index (χ4n) is 2.51. The summed E-state index contributed by atoms with van der Waals surface area (Å²) in [5.74, 6) is -3.87. The van der Waals surface area contributed by atoms with E-state index in [1.807, 2.05) is 0 Å². The fraction of sp³-hybridized carbons (Fsp3) is 0.778. The number of hydrogen-bond donors (Lipinski definition) is 1. The van der Waals surface area contributed by atoms with Crippen LogP contribution in [0.1, 0.15) is 19.3 Å². The van der Waals surface area contributed by atoms with Gasteiger partial charge in [0.2, 0.25) is 0 Å². The van der Waals surface area contributed by atoms with E-state index in [0.717, 1.165) is 0 Å². The first-order valence-corrected chi connectivity index (χ1v) is 4.90. The van der Waals surface area contributed by atoms with Crippen molar-refractivity contribution in [1.82, 2.24) is 4.90 Å². The van der Waals surface area contributed by atoms with Gasteiger partial charge in [-0.05, 0) is 19.3 Å². The molecule has 0 bridgehead atoms. The Balaban J connectivity index is 2.16. The summed E-state index contributed by atoms with van der Waals surface area (Å²) in [4.78, 5) is 22.5. The lowest BCUT2D eigenvalue weighted by Gasteiger charge is -2.61. The van der Waals surface area contributed by atoms with Gasteiger partial charge in [-0.15, -0.1) is 0 Å². The van der Waals surface area contributed by atoms with Crippen LogP contribution in [-0.4, -0.2) is 40.1 Å². The van der Waals surface area contributed by atoms with Crippen molar-refractivity contribution in [3.63, 3.8) is 0 Å². The van der Waals surface area contributed by atoms with Gasteiger partial charge in [-0.2, -0.15) is 13.2 Å². The van der Waals surface area contributed by atoms with E-state index in [0.29, 0.717) is 24.2 Å². The number of nitrogens with zero attached hydrogens (tertiary/aromatic N) is 1. The van der Waals surface area contributed by atoms with Crippen LogP contribution in [0.25, 0.3) is 0 Å². The van der Waals surface area contributed by atoms with Crippen molar-refractivity contribution in [3.05, 3.63) is 0 Å². The molecule has 1 saturated carbocycles. The van der Waals surface area contributed by atoms with Crippen LogP contribution < -0.4 is 0 Å². The predicted octanol–water partition coefficient (Wildman–Crippen LogP) is 1.01. The van der Waals surface area contributed by atoms with Crippen LogP contribution in [0.3, 0.4) is 0 Å². The molecule has 1 aliphatic carbocycles. The molecular weight excluding hydrogens is 227 g/mol. The van der Waals surface area contributed by atoms with Gasteiger partial charge < -0.3 is 10.0 Å². The molecule has 2 fully saturated rings. The molecule has 1 amide bonds. The lowest BCUT2D eigenvalue weighted by Crippen LogP contribution is -2.75. The fourth-order valence-corrected chi connectivity index (χ4v) is 2.51. The molecule has 1 atom stereocenters. The number of alkyl halides is 3. The number of hydrogen-bond acceptors (Lipinski definition) is 2. The first-order chi connectivity index (χ1) is 7.29. The standard InChI is InChI=1S/C9H10F3NO3/c10-9(11,12)7(16)13-4-5(6(14)15)8(13)2-1-3-8/h5H,1-4H2,(H,14,15). The molecule has 4 nitrogen and oxygen atoms in total. The van der Waals surface area contributed by atoms with Crippen LogP contribution in [0.2, 0.25) is 0 Å². The van der Waals surface area contributed by atoms with Crippen molar-refractivity contribution in [2.75, 3.05) is 6.54 Å². The van der Waals surface area contributed by atoms with Crippen molar-refractivity contribution >= 4 is 11.9 Å². The molecule has 1 unspecified atom stereocenters. The minimum Gasteiger partial charge on any atom is -0.481 e. The third kappa shape index (κ3) is 1.30. The smallest absolute Gasteiger partial charge is 0.471 e. The van der Waals surface area contributed by atoms with Crippen LogP contribution in [0.4, 0.5) is 13.2 Å². The van der Waals surface area contributed by atoms with Crippen molar-refractivity contribution in [2.24, 2.45) is 5.92 Å². The Hall–Kier alpha value is -1.27. The quantitative estimate of drug-likeness (QED) is 0.740. The summed E-state index contributed by atoms with van der Waals surface area (Å²) < 4.78 is 36.6. The van der Waals surface area contributed by atoms with Gasteiger partial charge in [0, 0.05) is 6.54 Å². The molecule has 0 aromatic rings. The number of amides is 1. The average molecular weight is 237 g/mol. The third-order valence-corrected chi connectivity index (χ3v) is 3.56. The Labute approximate surface area is 89.0 Å². The molecular formula is C9H10F3NO3. The highest BCUT2D eigenvalue weighted by atomic mass is 19.4. The van der Waals surface area contributed by atoms with E-state index in [4.69, 9.17) is 5.11 Å². The van der Waals surface area contributed by atoms with Gasteiger partial charge in [-0.1, -0.05) is 0 Å². The molecule has 0 aromatic carbocycles. The van der Waals surface area contributed by atoms with E-state index >= 15 is 0 Å². The van der Waals surface area contributed by atoms with Gasteiger partial charge in [-0.3, -0.25) is 9.59 Å². The van der Waals surface area contributed by atoms with Gasteiger partial charge in [0.15, 0.2) is 0 Å². The number of halogens is 3. The second-order valence-electron chi connectivity index (χ2n) is 4.26. The van der Waals surface area contributed by atoms with E-state index in [9.17, 15) is 22.8 Å². The number of carboxylic acid groups (broad SMARTS) is 1. The maximum atomic E-state index is 12.2. The van der Waals surface area contributed by atoms with Gasteiger partial charge in [0.05, 0.1) is 11.5 Å². The summed E-state index contributed by atoms with van der Waals surface area (Å²) in [6.45, 7) is -0.326. The SMILES string of the molecule is O=C(O)C1CN(C(=O)C(F)(F)F)C12CCC2. The van der Waals surface area contributed by atoms with Gasteiger partial charge in [-0.25, -0.2) is 0 Å². The monoisotopic (exact) mass is 237 g/mol. The van der Waals surface area contributed by atoms with Gasteiger partial charge in [0.1, 0.15) is 0 Å². The second kappa shape index (κ2) is 3.11. The minimum atomic E-state index is -4.91. The summed E-state index contributed by atoms with van der Waals surface area (Å²) >= 11 is 0. The number of carboxylic acids is 1. The zero-order valence-corrected chi connectivity index (χ0v) is 8.25. The Kier molecular flexibility index (Phi) is 2.18. The number of aliphatic carboxylic acids is 1. The van der Waals surface area contributed by atoms with Crippen molar-refractivity contribution in [1.29, 1.82) is 0 Å². The zero-order chi connectivity index (χ0) is 12.1. The van der Waals surface area contributed by atoms with E-state index in [1.54, 1.807) is 0 Å². The zero-order valence-electron chi connectivity index (χ0n) is 8.25. The Bertz CT molecular complexity index is 348. The lowest BCUT2D eigenvalue weighted by molar-refractivity contribution is -0.220. The van der Waals surface area contributed by atoms with E-state index in [1.165, 1.54) is 0 Å². The number of carbonyl (C=O) groups excluding carboxylic acids is 1. The summed E-state index contributed by atoms with van der Waals surface area (Å²) in [6.07, 6.45) is -3.53. The van der Waals surface area contributed by atoms with E-state index < -0.39 is 29.5 Å². The molecule has 1 saturated heterocycles. The molecule has 16 heavy (non-hydrogen) atoms. The maximum Gasteiger partial charge on any atom is 0.471 e. The highest BCUT2D eigenvalue weighted by Crippen LogP contribution is 2.52. The normalized spacial score (nSPS) is 27.2. The molecule has 1 spiro atoms. The molecule has 2 aliphatic rings. The topological polar surface area (TPSA) is 57.6 Å². The van der Waals surface area contributed by atoms with Crippen LogP contribution in [-0.2, 0) is 9.59 Å². The Morgan fingerprint density at radius 3 is 2.19 bits per heavy atom.